The molecule has 0 radical (unpaired) electrons. The van der Waals surface area contributed by atoms with Crippen molar-refractivity contribution in [3.63, 3.8) is 0 Å². The van der Waals surface area contributed by atoms with E-state index < -0.39 is 0 Å². The van der Waals surface area contributed by atoms with E-state index in [2.05, 4.69) is 20.2 Å². The van der Waals surface area contributed by atoms with Crippen LogP contribution in [0.1, 0.15) is 64.0 Å². The molecule has 1 atom stereocenters. The van der Waals surface area contributed by atoms with Gasteiger partial charge in [-0.3, -0.25) is 4.98 Å². The molecule has 3 rings (SSSR count). The summed E-state index contributed by atoms with van der Waals surface area (Å²) in [4.78, 5) is 22.8. The quantitative estimate of drug-likeness (QED) is 0.435. The van der Waals surface area contributed by atoms with Crippen LogP contribution in [-0.4, -0.2) is 53.1 Å². The Morgan fingerprint density at radius 2 is 2.00 bits per heavy atom. The zero-order valence-electron chi connectivity index (χ0n) is 17.1. The molecule has 2 aliphatic rings. The van der Waals surface area contributed by atoms with Gasteiger partial charge in [-0.25, -0.2) is 9.78 Å². The Morgan fingerprint density at radius 3 is 2.71 bits per heavy atom. The van der Waals surface area contributed by atoms with Gasteiger partial charge in [-0.15, -0.1) is 0 Å². The van der Waals surface area contributed by atoms with Crippen molar-refractivity contribution in [1.29, 1.82) is 0 Å². The number of ether oxygens (including phenoxy) is 1. The average Bonchev–Trinajstić information content (AvgIpc) is 2.97. The highest BCUT2D eigenvalue weighted by Gasteiger charge is 2.23. The van der Waals surface area contributed by atoms with E-state index in [0.717, 1.165) is 18.3 Å². The lowest BCUT2D eigenvalue weighted by atomic mass is 9.97. The second kappa shape index (κ2) is 11.1. The van der Waals surface area contributed by atoms with E-state index in [9.17, 15) is 4.79 Å². The molecular weight excluding hydrogens is 352 g/mol. The number of hydrogen-bond donors (Lipinski definition) is 1. The Morgan fingerprint density at radius 1 is 1.18 bits per heavy atom. The second-order valence-corrected chi connectivity index (χ2v) is 8.01. The van der Waals surface area contributed by atoms with Crippen LogP contribution in [0.15, 0.2) is 18.5 Å². The predicted molar refractivity (Wildman–Crippen MR) is 112 cm³/mol. The minimum atomic E-state index is -0.359. The normalized spacial score (nSPS) is 22.1. The highest BCUT2D eigenvalue weighted by molar-refractivity contribution is 5.86. The zero-order chi connectivity index (χ0) is 19.6. The first kappa shape index (κ1) is 20.8. The van der Waals surface area contributed by atoms with E-state index >= 15 is 0 Å². The number of nitrogens with zero attached hydrogens (tertiary/aromatic N) is 3. The minimum absolute atomic E-state index is 0.359. The van der Waals surface area contributed by atoms with Gasteiger partial charge in [0.2, 0.25) is 0 Å². The zero-order valence-corrected chi connectivity index (χ0v) is 17.1. The van der Waals surface area contributed by atoms with Gasteiger partial charge in [-0.05, 0) is 51.1 Å². The molecule has 0 aromatic carbocycles. The van der Waals surface area contributed by atoms with Crippen LogP contribution in [0.5, 0.6) is 0 Å². The van der Waals surface area contributed by atoms with Crippen LogP contribution < -0.4 is 5.32 Å². The van der Waals surface area contributed by atoms with Crippen molar-refractivity contribution in [1.82, 2.24) is 14.9 Å². The Kier molecular flexibility index (Phi) is 8.27. The standard InChI is InChI=1S/C22H34N4O2/c1-2-28-22(27)12-11-19-14-24-21(15-23-19)25-20-10-7-13-26(17-20)16-18-8-5-3-4-6-9-18/h11-12,14-15,18,20H,2-10,13,16-17H2,1H3,(H,24,25)/b12-11+/t20-/m1/s1. The smallest absolute Gasteiger partial charge is 0.330 e. The first-order valence-corrected chi connectivity index (χ1v) is 10.9. The third-order valence-corrected chi connectivity index (χ3v) is 5.70. The van der Waals surface area contributed by atoms with Gasteiger partial charge in [0.15, 0.2) is 0 Å². The largest absolute Gasteiger partial charge is 0.463 e. The molecule has 1 aromatic heterocycles. The number of likely N-dealkylation sites (tertiary alicyclic amines) is 1. The molecule has 0 unspecified atom stereocenters. The number of rotatable bonds is 7. The summed E-state index contributed by atoms with van der Waals surface area (Å²) < 4.78 is 4.87. The maximum absolute atomic E-state index is 11.4. The van der Waals surface area contributed by atoms with Crippen molar-refractivity contribution < 1.29 is 9.53 Å². The van der Waals surface area contributed by atoms with Crippen LogP contribution >= 0.6 is 0 Å². The summed E-state index contributed by atoms with van der Waals surface area (Å²) in [5.41, 5.74) is 0.650. The van der Waals surface area contributed by atoms with E-state index in [-0.39, 0.29) is 5.97 Å². The molecule has 6 heteroatoms. The van der Waals surface area contributed by atoms with E-state index in [1.807, 2.05) is 0 Å². The molecule has 0 bridgehead atoms. The molecule has 1 saturated carbocycles. The molecule has 1 saturated heterocycles. The van der Waals surface area contributed by atoms with Crippen molar-refractivity contribution >= 4 is 17.9 Å². The van der Waals surface area contributed by atoms with Crippen LogP contribution in [0, 0.1) is 5.92 Å². The summed E-state index contributed by atoms with van der Waals surface area (Å²) >= 11 is 0. The highest BCUT2D eigenvalue weighted by Crippen LogP contribution is 2.25. The average molecular weight is 387 g/mol. The van der Waals surface area contributed by atoms with Crippen LogP contribution in [0.4, 0.5) is 5.82 Å². The maximum atomic E-state index is 11.4. The molecule has 28 heavy (non-hydrogen) atoms. The number of hydrogen-bond acceptors (Lipinski definition) is 6. The van der Waals surface area contributed by atoms with Crippen molar-refractivity contribution in [2.45, 2.75) is 64.3 Å². The fraction of sp³-hybridized carbons (Fsp3) is 0.682. The number of carbonyl (C=O) groups is 1. The van der Waals surface area contributed by atoms with Gasteiger partial charge in [0.1, 0.15) is 5.82 Å². The lowest BCUT2D eigenvalue weighted by Crippen LogP contribution is -2.44. The van der Waals surface area contributed by atoms with Gasteiger partial charge in [0.25, 0.3) is 0 Å². The van der Waals surface area contributed by atoms with Crippen LogP contribution in [0.25, 0.3) is 6.08 Å². The van der Waals surface area contributed by atoms with Crippen LogP contribution in [0.2, 0.25) is 0 Å². The molecular formula is C22H34N4O2. The van der Waals surface area contributed by atoms with Crippen molar-refractivity contribution in [2.75, 3.05) is 31.6 Å². The summed E-state index contributed by atoms with van der Waals surface area (Å²) in [6.07, 6.45) is 17.3. The number of nitrogens with one attached hydrogen (secondary N) is 1. The Hall–Kier alpha value is -1.95. The summed E-state index contributed by atoms with van der Waals surface area (Å²) in [5.74, 6) is 1.32. The molecule has 1 aliphatic heterocycles. The first-order valence-electron chi connectivity index (χ1n) is 10.9. The number of esters is 1. The minimum Gasteiger partial charge on any atom is -0.463 e. The monoisotopic (exact) mass is 386 g/mol. The summed E-state index contributed by atoms with van der Waals surface area (Å²) in [6, 6.07) is 0.426. The molecule has 2 fully saturated rings. The van der Waals surface area contributed by atoms with Crippen LogP contribution in [-0.2, 0) is 9.53 Å². The SMILES string of the molecule is CCOC(=O)/C=C/c1cnc(N[C@@H]2CCCN(CC3CCCCCC3)C2)cn1. The van der Waals surface area contributed by atoms with Gasteiger partial charge < -0.3 is 15.0 Å². The summed E-state index contributed by atoms with van der Waals surface area (Å²) in [6.45, 7) is 5.72. The summed E-state index contributed by atoms with van der Waals surface area (Å²) in [5, 5.41) is 3.54. The predicted octanol–water partition coefficient (Wildman–Crippen LogP) is 3.90. The van der Waals surface area contributed by atoms with E-state index in [0.29, 0.717) is 18.3 Å². The maximum Gasteiger partial charge on any atom is 0.330 e. The third-order valence-electron chi connectivity index (χ3n) is 5.70. The molecule has 154 valence electrons. The van der Waals surface area contributed by atoms with Crippen LogP contribution in [0.3, 0.4) is 0 Å². The molecule has 6 nitrogen and oxygen atoms in total. The van der Waals surface area contributed by atoms with Gasteiger partial charge >= 0.3 is 5.97 Å². The highest BCUT2D eigenvalue weighted by atomic mass is 16.5. The van der Waals surface area contributed by atoms with Gasteiger partial charge in [0.05, 0.1) is 24.7 Å². The molecule has 1 N–H and O–H groups in total. The molecule has 0 amide bonds. The van der Waals surface area contributed by atoms with E-state index in [1.54, 1.807) is 25.4 Å². The Balaban J connectivity index is 1.47. The molecule has 0 spiro atoms. The third kappa shape index (κ3) is 6.89. The topological polar surface area (TPSA) is 67.3 Å². The second-order valence-electron chi connectivity index (χ2n) is 8.01. The number of aromatic nitrogens is 2. The van der Waals surface area contributed by atoms with Crippen molar-refractivity contribution in [3.05, 3.63) is 24.2 Å². The fourth-order valence-corrected chi connectivity index (χ4v) is 4.30. The molecule has 1 aromatic rings. The van der Waals surface area contributed by atoms with Crippen molar-refractivity contribution in [3.8, 4) is 0 Å². The van der Waals surface area contributed by atoms with E-state index in [1.165, 1.54) is 70.5 Å². The van der Waals surface area contributed by atoms with Gasteiger partial charge in [-0.2, -0.15) is 0 Å². The fourth-order valence-electron chi connectivity index (χ4n) is 4.30. The number of anilines is 1. The number of carbonyl (C=O) groups excluding carboxylic acids is 1. The lowest BCUT2D eigenvalue weighted by Gasteiger charge is -2.35. The van der Waals surface area contributed by atoms with E-state index in [4.69, 9.17) is 4.74 Å². The van der Waals surface area contributed by atoms with Crippen molar-refractivity contribution in [2.24, 2.45) is 5.92 Å². The molecule has 2 heterocycles. The Labute approximate surface area is 168 Å². The van der Waals surface area contributed by atoms with Gasteiger partial charge in [0, 0.05) is 25.2 Å². The number of piperidine rings is 1. The van der Waals surface area contributed by atoms with Gasteiger partial charge in [-0.1, -0.05) is 25.7 Å². The first-order chi connectivity index (χ1) is 13.7. The molecule has 1 aliphatic carbocycles. The summed E-state index contributed by atoms with van der Waals surface area (Å²) in [7, 11) is 0. The lowest BCUT2D eigenvalue weighted by molar-refractivity contribution is -0.137. The Bertz CT molecular complexity index is 624.